The van der Waals surface area contributed by atoms with Crippen LogP contribution in [0.1, 0.15) is 19.4 Å². The van der Waals surface area contributed by atoms with Crippen molar-refractivity contribution in [1.29, 1.82) is 0 Å². The van der Waals surface area contributed by atoms with Gasteiger partial charge >= 0.3 is 0 Å². The summed E-state index contributed by atoms with van der Waals surface area (Å²) in [4.78, 5) is 11.9. The first-order valence-corrected chi connectivity index (χ1v) is 6.40. The number of nitrogens with two attached hydrogens (primary N) is 1. The summed E-state index contributed by atoms with van der Waals surface area (Å²) in [5.41, 5.74) is 6.10. The largest absolute Gasteiger partial charge is 0.486 e. The van der Waals surface area contributed by atoms with Gasteiger partial charge in [0.15, 0.2) is 11.5 Å². The van der Waals surface area contributed by atoms with Gasteiger partial charge in [0.2, 0.25) is 5.91 Å². The van der Waals surface area contributed by atoms with E-state index in [1.54, 1.807) is 0 Å². The lowest BCUT2D eigenvalue weighted by Crippen LogP contribution is -2.49. The molecule has 3 N–H and O–H groups in total. The van der Waals surface area contributed by atoms with E-state index < -0.39 is 0 Å². The average molecular weight is 264 g/mol. The van der Waals surface area contributed by atoms with Gasteiger partial charge in [0.1, 0.15) is 13.2 Å². The SMILES string of the molecule is CC(C)(CN)NC(=O)Cc1ccc2c(c1)OCCO2. The number of carbonyl (C=O) groups excluding carboxylic acids is 1. The normalized spacial score (nSPS) is 14.1. The smallest absolute Gasteiger partial charge is 0.224 e. The van der Waals surface area contributed by atoms with Crippen LogP contribution < -0.4 is 20.5 Å². The fraction of sp³-hybridized carbons (Fsp3) is 0.500. The Kier molecular flexibility index (Phi) is 3.95. The molecule has 0 unspecified atom stereocenters. The molecule has 0 saturated carbocycles. The third-order valence-corrected chi connectivity index (χ3v) is 2.96. The lowest BCUT2D eigenvalue weighted by molar-refractivity contribution is -0.121. The third-order valence-electron chi connectivity index (χ3n) is 2.96. The molecule has 1 amide bonds. The maximum Gasteiger partial charge on any atom is 0.224 e. The zero-order valence-corrected chi connectivity index (χ0v) is 11.4. The van der Waals surface area contributed by atoms with Crippen LogP contribution in [-0.2, 0) is 11.2 Å². The molecule has 1 aliphatic heterocycles. The summed E-state index contributed by atoms with van der Waals surface area (Å²) in [6, 6.07) is 5.57. The second kappa shape index (κ2) is 5.48. The van der Waals surface area contributed by atoms with Gasteiger partial charge < -0.3 is 20.5 Å². The fourth-order valence-corrected chi connectivity index (χ4v) is 1.86. The molecule has 0 fully saturated rings. The summed E-state index contributed by atoms with van der Waals surface area (Å²) < 4.78 is 10.9. The molecule has 104 valence electrons. The van der Waals surface area contributed by atoms with E-state index in [-0.39, 0.29) is 11.4 Å². The van der Waals surface area contributed by atoms with Crippen molar-refractivity contribution in [3.05, 3.63) is 23.8 Å². The zero-order valence-electron chi connectivity index (χ0n) is 11.4. The van der Waals surface area contributed by atoms with Crippen LogP contribution in [-0.4, -0.2) is 31.2 Å². The monoisotopic (exact) mass is 264 g/mol. The Labute approximate surface area is 113 Å². The van der Waals surface area contributed by atoms with E-state index in [4.69, 9.17) is 15.2 Å². The lowest BCUT2D eigenvalue weighted by atomic mass is 10.0. The molecule has 1 heterocycles. The quantitative estimate of drug-likeness (QED) is 0.845. The van der Waals surface area contributed by atoms with E-state index >= 15 is 0 Å². The van der Waals surface area contributed by atoms with Gasteiger partial charge in [0, 0.05) is 12.1 Å². The number of fused-ring (bicyclic) bond motifs is 1. The molecule has 2 rings (SSSR count). The number of ether oxygens (including phenoxy) is 2. The number of hydrogen-bond acceptors (Lipinski definition) is 4. The molecule has 0 spiro atoms. The van der Waals surface area contributed by atoms with Crippen molar-refractivity contribution in [1.82, 2.24) is 5.32 Å². The van der Waals surface area contributed by atoms with Crippen molar-refractivity contribution in [2.45, 2.75) is 25.8 Å². The van der Waals surface area contributed by atoms with E-state index in [2.05, 4.69) is 5.32 Å². The van der Waals surface area contributed by atoms with E-state index in [9.17, 15) is 4.79 Å². The Bertz CT molecular complexity index is 472. The molecule has 5 nitrogen and oxygen atoms in total. The van der Waals surface area contributed by atoms with E-state index in [0.29, 0.717) is 31.9 Å². The summed E-state index contributed by atoms with van der Waals surface area (Å²) in [5, 5.41) is 2.90. The Morgan fingerprint density at radius 2 is 2.00 bits per heavy atom. The molecule has 0 atom stereocenters. The molecule has 1 aromatic carbocycles. The molecule has 1 aromatic rings. The summed E-state index contributed by atoms with van der Waals surface area (Å²) in [6.07, 6.45) is 0.306. The van der Waals surface area contributed by atoms with Gasteiger partial charge in [0.05, 0.1) is 6.42 Å². The predicted octanol–water partition coefficient (Wildman–Crippen LogP) is 0.854. The highest BCUT2D eigenvalue weighted by Crippen LogP contribution is 2.30. The van der Waals surface area contributed by atoms with E-state index in [0.717, 1.165) is 11.3 Å². The minimum Gasteiger partial charge on any atom is -0.486 e. The third kappa shape index (κ3) is 3.61. The number of carbonyl (C=O) groups is 1. The van der Waals surface area contributed by atoms with Crippen molar-refractivity contribution >= 4 is 5.91 Å². The van der Waals surface area contributed by atoms with E-state index in [1.165, 1.54) is 0 Å². The van der Waals surface area contributed by atoms with Gasteiger partial charge in [-0.25, -0.2) is 0 Å². The highest BCUT2D eigenvalue weighted by molar-refractivity contribution is 5.79. The van der Waals surface area contributed by atoms with Gasteiger partial charge in [-0.3, -0.25) is 4.79 Å². The molecule has 5 heteroatoms. The van der Waals surface area contributed by atoms with Crippen molar-refractivity contribution in [2.75, 3.05) is 19.8 Å². The second-order valence-electron chi connectivity index (χ2n) is 5.29. The average Bonchev–Trinajstić information content (AvgIpc) is 2.38. The molecular weight excluding hydrogens is 244 g/mol. The van der Waals surface area contributed by atoms with Gasteiger partial charge in [-0.1, -0.05) is 6.07 Å². The summed E-state index contributed by atoms with van der Waals surface area (Å²) in [5.74, 6) is 1.39. The maximum absolute atomic E-state index is 11.9. The van der Waals surface area contributed by atoms with Crippen LogP contribution in [0.3, 0.4) is 0 Å². The standard InChI is InChI=1S/C14H20N2O3/c1-14(2,9-15)16-13(17)8-10-3-4-11-12(7-10)19-6-5-18-11/h3-4,7H,5-6,8-9,15H2,1-2H3,(H,16,17). The van der Waals surface area contributed by atoms with Crippen LogP contribution in [0, 0.1) is 0 Å². The first-order valence-electron chi connectivity index (χ1n) is 6.40. The molecule has 0 aliphatic carbocycles. The minimum atomic E-state index is -0.384. The van der Waals surface area contributed by atoms with E-state index in [1.807, 2.05) is 32.0 Å². The van der Waals surface area contributed by atoms with Crippen molar-refractivity contribution in [2.24, 2.45) is 5.73 Å². The van der Waals surface area contributed by atoms with Crippen LogP contribution in [0.2, 0.25) is 0 Å². The van der Waals surface area contributed by atoms with Crippen molar-refractivity contribution in [3.8, 4) is 11.5 Å². The van der Waals surface area contributed by atoms with Crippen molar-refractivity contribution < 1.29 is 14.3 Å². The Morgan fingerprint density at radius 1 is 1.32 bits per heavy atom. The summed E-state index contributed by atoms with van der Waals surface area (Å²) >= 11 is 0. The predicted molar refractivity (Wildman–Crippen MR) is 72.4 cm³/mol. The number of amides is 1. The Hall–Kier alpha value is -1.75. The van der Waals surface area contributed by atoms with Crippen LogP contribution in [0.4, 0.5) is 0 Å². The number of hydrogen-bond donors (Lipinski definition) is 2. The summed E-state index contributed by atoms with van der Waals surface area (Å²) in [6.45, 7) is 5.31. The maximum atomic E-state index is 11.9. The van der Waals surface area contributed by atoms with Crippen molar-refractivity contribution in [3.63, 3.8) is 0 Å². The second-order valence-corrected chi connectivity index (χ2v) is 5.29. The van der Waals surface area contributed by atoms with Crippen LogP contribution in [0.5, 0.6) is 11.5 Å². The first-order chi connectivity index (χ1) is 9.00. The number of rotatable bonds is 4. The molecule has 0 aromatic heterocycles. The van der Waals surface area contributed by atoms with Crippen LogP contribution >= 0.6 is 0 Å². The molecule has 0 bridgehead atoms. The first kappa shape index (κ1) is 13.7. The lowest BCUT2D eigenvalue weighted by Gasteiger charge is -2.24. The number of nitrogens with one attached hydrogen (secondary N) is 1. The minimum absolute atomic E-state index is 0.0490. The zero-order chi connectivity index (χ0) is 13.9. The van der Waals surface area contributed by atoms with Crippen LogP contribution in [0.25, 0.3) is 0 Å². The molecule has 0 radical (unpaired) electrons. The van der Waals surface area contributed by atoms with Gasteiger partial charge in [-0.15, -0.1) is 0 Å². The Morgan fingerprint density at radius 3 is 2.68 bits per heavy atom. The highest BCUT2D eigenvalue weighted by Gasteiger charge is 2.19. The molecular formula is C14H20N2O3. The fourth-order valence-electron chi connectivity index (χ4n) is 1.86. The summed E-state index contributed by atoms with van der Waals surface area (Å²) in [7, 11) is 0. The molecule has 1 aliphatic rings. The molecule has 19 heavy (non-hydrogen) atoms. The van der Waals surface area contributed by atoms with Gasteiger partial charge in [-0.05, 0) is 31.5 Å². The van der Waals surface area contributed by atoms with Gasteiger partial charge in [-0.2, -0.15) is 0 Å². The molecule has 0 saturated heterocycles. The Balaban J connectivity index is 2.01. The highest BCUT2D eigenvalue weighted by atomic mass is 16.6. The topological polar surface area (TPSA) is 73.6 Å². The van der Waals surface area contributed by atoms with Crippen LogP contribution in [0.15, 0.2) is 18.2 Å². The number of benzene rings is 1. The van der Waals surface area contributed by atoms with Gasteiger partial charge in [0.25, 0.3) is 0 Å².